The Hall–Kier alpha value is -3.73. The van der Waals surface area contributed by atoms with Crippen LogP contribution >= 0.6 is 22.6 Å². The van der Waals surface area contributed by atoms with Crippen LogP contribution in [0.5, 0.6) is 11.5 Å². The molecule has 1 N–H and O–H groups in total. The van der Waals surface area contributed by atoms with E-state index in [9.17, 15) is 9.59 Å². The van der Waals surface area contributed by atoms with E-state index in [-0.39, 0.29) is 11.5 Å². The first-order valence-corrected chi connectivity index (χ1v) is 12.7. The molecule has 0 amide bonds. The number of benzene rings is 3. The van der Waals surface area contributed by atoms with Crippen LogP contribution in [0.15, 0.2) is 64.5 Å². The van der Waals surface area contributed by atoms with Gasteiger partial charge in [0.2, 0.25) is 0 Å². The highest BCUT2D eigenvalue weighted by Gasteiger charge is 2.18. The first kappa shape index (κ1) is 26.3. The zero-order chi connectivity index (χ0) is 26.7. The Morgan fingerprint density at radius 1 is 1.16 bits per heavy atom. The fourth-order valence-electron chi connectivity index (χ4n) is 3.95. The molecule has 190 valence electrons. The molecule has 0 spiro atoms. The number of halogens is 1. The predicted octanol–water partition coefficient (Wildman–Crippen LogP) is 5.45. The number of carboxylic acids is 1. The minimum Gasteiger partial charge on any atom is -0.496 e. The van der Waals surface area contributed by atoms with E-state index < -0.39 is 12.6 Å². The average Bonchev–Trinajstić information content (AvgIpc) is 2.87. The number of aryl methyl sites for hydroxylation is 1. The van der Waals surface area contributed by atoms with Gasteiger partial charge in [0.05, 0.1) is 27.8 Å². The summed E-state index contributed by atoms with van der Waals surface area (Å²) in [5, 5.41) is 13.9. The van der Waals surface area contributed by atoms with Crippen molar-refractivity contribution < 1.29 is 19.4 Å². The molecular formula is C28H26IN3O5. The van der Waals surface area contributed by atoms with Gasteiger partial charge in [-0.1, -0.05) is 26.0 Å². The molecule has 0 aliphatic rings. The van der Waals surface area contributed by atoms with Gasteiger partial charge >= 0.3 is 5.97 Å². The first-order valence-electron chi connectivity index (χ1n) is 11.6. The summed E-state index contributed by atoms with van der Waals surface area (Å²) in [6, 6.07) is 16.4. The number of fused-ring (bicyclic) bond motifs is 1. The molecule has 8 nitrogen and oxygen atoms in total. The highest BCUT2D eigenvalue weighted by atomic mass is 127. The molecule has 0 saturated carbocycles. The molecule has 4 rings (SSSR count). The summed E-state index contributed by atoms with van der Waals surface area (Å²) < 4.78 is 12.9. The highest BCUT2D eigenvalue weighted by molar-refractivity contribution is 14.1. The summed E-state index contributed by atoms with van der Waals surface area (Å²) in [6.07, 6.45) is 1.58. The Balaban J connectivity index is 1.86. The quantitative estimate of drug-likeness (QED) is 0.210. The van der Waals surface area contributed by atoms with Crippen LogP contribution in [0.4, 0.5) is 0 Å². The number of ether oxygens (including phenoxy) is 2. The topological polar surface area (TPSA) is 103 Å². The standard InChI is InChI=1S/C28H26IN3O5/c1-16(2)20-13-21(17(3)11-25(20)36-4)27-31-23-8-6-5-7-19(23)28(35)32(27)30-14-18-9-10-24(22(29)12-18)37-15-26(33)34/h5-14,16H,15H2,1-4H3,(H,33,34). The Morgan fingerprint density at radius 3 is 2.59 bits per heavy atom. The van der Waals surface area contributed by atoms with Crippen LogP contribution in [0.2, 0.25) is 0 Å². The van der Waals surface area contributed by atoms with Crippen molar-refractivity contribution in [3.8, 4) is 22.9 Å². The largest absolute Gasteiger partial charge is 0.496 e. The monoisotopic (exact) mass is 611 g/mol. The normalized spacial score (nSPS) is 11.4. The number of hydrogen-bond acceptors (Lipinski definition) is 6. The number of aromatic nitrogens is 2. The molecule has 0 bridgehead atoms. The smallest absolute Gasteiger partial charge is 0.341 e. The molecule has 0 radical (unpaired) electrons. The number of methoxy groups -OCH3 is 1. The molecule has 0 aliphatic heterocycles. The molecule has 4 aromatic rings. The highest BCUT2D eigenvalue weighted by Crippen LogP contribution is 2.34. The molecule has 0 aliphatic carbocycles. The fraction of sp³-hybridized carbons (Fsp3) is 0.214. The van der Waals surface area contributed by atoms with Gasteiger partial charge < -0.3 is 14.6 Å². The zero-order valence-corrected chi connectivity index (χ0v) is 23.0. The molecular weight excluding hydrogens is 585 g/mol. The van der Waals surface area contributed by atoms with Crippen molar-refractivity contribution in [1.82, 2.24) is 9.66 Å². The summed E-state index contributed by atoms with van der Waals surface area (Å²) in [4.78, 5) is 29.2. The summed E-state index contributed by atoms with van der Waals surface area (Å²) in [5.74, 6) is 0.821. The number of hydrogen-bond donors (Lipinski definition) is 1. The fourth-order valence-corrected chi connectivity index (χ4v) is 4.65. The third-order valence-electron chi connectivity index (χ3n) is 5.82. The van der Waals surface area contributed by atoms with Crippen LogP contribution < -0.4 is 15.0 Å². The second-order valence-electron chi connectivity index (χ2n) is 8.75. The van der Waals surface area contributed by atoms with Crippen LogP contribution in [0.3, 0.4) is 0 Å². The van der Waals surface area contributed by atoms with Crippen LogP contribution in [0.1, 0.15) is 36.5 Å². The summed E-state index contributed by atoms with van der Waals surface area (Å²) >= 11 is 2.07. The number of nitrogens with zero attached hydrogens (tertiary/aromatic N) is 3. The van der Waals surface area contributed by atoms with Gasteiger partial charge in [-0.05, 0) is 94.6 Å². The van der Waals surface area contributed by atoms with E-state index in [1.807, 2.05) is 31.2 Å². The minimum atomic E-state index is -1.05. The van der Waals surface area contributed by atoms with Gasteiger partial charge in [0, 0.05) is 5.56 Å². The number of carboxylic acid groups (broad SMARTS) is 1. The van der Waals surface area contributed by atoms with Gasteiger partial charge in [-0.2, -0.15) is 9.78 Å². The Morgan fingerprint density at radius 2 is 1.92 bits per heavy atom. The van der Waals surface area contributed by atoms with E-state index in [0.717, 1.165) is 26.0 Å². The minimum absolute atomic E-state index is 0.197. The Labute approximate surface area is 227 Å². The lowest BCUT2D eigenvalue weighted by Crippen LogP contribution is -2.20. The van der Waals surface area contributed by atoms with Crippen LogP contribution in [0.25, 0.3) is 22.3 Å². The second-order valence-corrected chi connectivity index (χ2v) is 9.91. The lowest BCUT2D eigenvalue weighted by atomic mass is 9.96. The molecule has 1 aromatic heterocycles. The number of carbonyl (C=O) groups is 1. The van der Waals surface area contributed by atoms with Crippen molar-refractivity contribution in [2.24, 2.45) is 5.10 Å². The average molecular weight is 611 g/mol. The van der Waals surface area contributed by atoms with Crippen LogP contribution in [-0.2, 0) is 4.79 Å². The van der Waals surface area contributed by atoms with Gasteiger partial charge in [0.25, 0.3) is 5.56 Å². The van der Waals surface area contributed by atoms with Gasteiger partial charge in [-0.3, -0.25) is 4.79 Å². The number of rotatable bonds is 8. The van der Waals surface area contributed by atoms with Crippen LogP contribution in [0, 0.1) is 10.5 Å². The molecule has 9 heteroatoms. The maximum atomic E-state index is 13.6. The van der Waals surface area contributed by atoms with E-state index >= 15 is 0 Å². The Kier molecular flexibility index (Phi) is 7.91. The van der Waals surface area contributed by atoms with E-state index in [0.29, 0.717) is 28.0 Å². The summed E-state index contributed by atoms with van der Waals surface area (Å²) in [6.45, 7) is 5.70. The third-order valence-corrected chi connectivity index (χ3v) is 6.67. The Bertz CT molecular complexity index is 1580. The SMILES string of the molecule is COc1cc(C)c(-c2nc3ccccc3c(=O)n2N=Cc2ccc(OCC(=O)O)c(I)c2)cc1C(C)C. The van der Waals surface area contributed by atoms with Crippen molar-refractivity contribution in [2.45, 2.75) is 26.7 Å². The maximum Gasteiger partial charge on any atom is 0.341 e. The second kappa shape index (κ2) is 11.1. The number of para-hydroxylation sites is 1. The molecule has 0 unspecified atom stereocenters. The van der Waals surface area contributed by atoms with Crippen molar-refractivity contribution >= 4 is 45.7 Å². The lowest BCUT2D eigenvalue weighted by molar-refractivity contribution is -0.139. The van der Waals surface area contributed by atoms with Crippen molar-refractivity contribution in [3.63, 3.8) is 0 Å². The molecule has 1 heterocycles. The predicted molar refractivity (Wildman–Crippen MR) is 152 cm³/mol. The van der Waals surface area contributed by atoms with E-state index in [2.05, 4.69) is 41.5 Å². The van der Waals surface area contributed by atoms with E-state index in [1.54, 1.807) is 43.7 Å². The van der Waals surface area contributed by atoms with Crippen LogP contribution in [-0.4, -0.2) is 40.7 Å². The summed E-state index contributed by atoms with van der Waals surface area (Å²) in [5.41, 5.74) is 3.72. The number of aliphatic carboxylic acids is 1. The molecule has 0 atom stereocenters. The zero-order valence-electron chi connectivity index (χ0n) is 20.9. The van der Waals surface area contributed by atoms with E-state index in [4.69, 9.17) is 19.6 Å². The van der Waals surface area contributed by atoms with Gasteiger partial charge in [-0.25, -0.2) is 9.78 Å². The maximum absolute atomic E-state index is 13.6. The summed E-state index contributed by atoms with van der Waals surface area (Å²) in [7, 11) is 1.65. The molecule has 0 fully saturated rings. The molecule has 37 heavy (non-hydrogen) atoms. The lowest BCUT2D eigenvalue weighted by Gasteiger charge is -2.17. The van der Waals surface area contributed by atoms with Crippen molar-refractivity contribution in [2.75, 3.05) is 13.7 Å². The first-order chi connectivity index (χ1) is 17.7. The van der Waals surface area contributed by atoms with Gasteiger partial charge in [0.15, 0.2) is 12.4 Å². The third kappa shape index (κ3) is 5.66. The van der Waals surface area contributed by atoms with Gasteiger partial charge in [0.1, 0.15) is 11.5 Å². The van der Waals surface area contributed by atoms with E-state index in [1.165, 1.54) is 4.68 Å². The van der Waals surface area contributed by atoms with Crippen molar-refractivity contribution in [3.05, 3.63) is 85.2 Å². The molecule has 3 aromatic carbocycles. The van der Waals surface area contributed by atoms with Gasteiger partial charge in [-0.15, -0.1) is 0 Å². The molecule has 0 saturated heterocycles. The van der Waals surface area contributed by atoms with Crippen molar-refractivity contribution in [1.29, 1.82) is 0 Å².